The van der Waals surface area contributed by atoms with E-state index in [0.717, 1.165) is 4.88 Å². The van der Waals surface area contributed by atoms with Gasteiger partial charge in [-0.05, 0) is 25.3 Å². The maximum Gasteiger partial charge on any atom is 0.311 e. The Morgan fingerprint density at radius 1 is 1.50 bits per heavy atom. The van der Waals surface area contributed by atoms with Crippen LogP contribution < -0.4 is 5.32 Å². The molecule has 0 fully saturated rings. The number of carbonyl (C=O) groups is 2. The number of hydrogen-bond acceptors (Lipinski definition) is 4. The Bertz CT molecular complexity index is 346. The first-order valence-corrected chi connectivity index (χ1v) is 5.93. The molecule has 1 aromatic heterocycles. The third-order valence-electron chi connectivity index (χ3n) is 1.71. The first-order chi connectivity index (χ1) is 7.58. The summed E-state index contributed by atoms with van der Waals surface area (Å²) in [5, 5.41) is 4.54. The van der Waals surface area contributed by atoms with Crippen LogP contribution in [0.15, 0.2) is 17.5 Å². The number of ether oxygens (including phenoxy) is 1. The van der Waals surface area contributed by atoms with Crippen molar-refractivity contribution in [1.82, 2.24) is 5.32 Å². The Kier molecular flexibility index (Phi) is 4.98. The molecule has 88 valence electrons. The second-order valence-corrected chi connectivity index (χ2v) is 4.67. The van der Waals surface area contributed by atoms with Gasteiger partial charge in [0.2, 0.25) is 0 Å². The largest absolute Gasteiger partial charge is 0.455 e. The number of nitrogens with one attached hydrogen (secondary N) is 1. The number of rotatable bonds is 5. The summed E-state index contributed by atoms with van der Waals surface area (Å²) in [4.78, 5) is 23.4. The van der Waals surface area contributed by atoms with Gasteiger partial charge in [-0.15, -0.1) is 11.3 Å². The fraction of sp³-hybridized carbons (Fsp3) is 0.455. The second-order valence-electron chi connectivity index (χ2n) is 3.64. The lowest BCUT2D eigenvalue weighted by Gasteiger charge is -2.08. The van der Waals surface area contributed by atoms with Crippen molar-refractivity contribution in [3.05, 3.63) is 22.4 Å². The van der Waals surface area contributed by atoms with E-state index in [0.29, 0.717) is 0 Å². The first-order valence-electron chi connectivity index (χ1n) is 5.05. The van der Waals surface area contributed by atoms with Gasteiger partial charge in [0, 0.05) is 10.9 Å². The first kappa shape index (κ1) is 12.7. The van der Waals surface area contributed by atoms with Crippen LogP contribution >= 0.6 is 11.3 Å². The summed E-state index contributed by atoms with van der Waals surface area (Å²) in [6.45, 7) is 3.50. The van der Waals surface area contributed by atoms with E-state index in [2.05, 4.69) is 5.32 Å². The number of hydrogen-bond donors (Lipinski definition) is 1. The summed E-state index contributed by atoms with van der Waals surface area (Å²) < 4.78 is 4.83. The zero-order valence-electron chi connectivity index (χ0n) is 9.36. The van der Waals surface area contributed by atoms with Crippen molar-refractivity contribution in [3.63, 3.8) is 0 Å². The Hall–Kier alpha value is -1.36. The monoisotopic (exact) mass is 241 g/mol. The summed E-state index contributed by atoms with van der Waals surface area (Å²) in [5.74, 6) is -0.643. The molecule has 0 aromatic carbocycles. The van der Waals surface area contributed by atoms with Crippen LogP contribution in [0.4, 0.5) is 0 Å². The average molecular weight is 241 g/mol. The molecule has 4 nitrogen and oxygen atoms in total. The van der Waals surface area contributed by atoms with E-state index in [9.17, 15) is 9.59 Å². The van der Waals surface area contributed by atoms with Gasteiger partial charge in [0.15, 0.2) is 6.61 Å². The van der Waals surface area contributed by atoms with Gasteiger partial charge in [-0.1, -0.05) is 6.07 Å². The molecule has 1 amide bonds. The minimum Gasteiger partial charge on any atom is -0.455 e. The summed E-state index contributed by atoms with van der Waals surface area (Å²) in [6, 6.07) is 3.79. The fourth-order valence-corrected chi connectivity index (χ4v) is 1.81. The molecule has 1 aromatic rings. The van der Waals surface area contributed by atoms with Crippen LogP contribution in [0.1, 0.15) is 18.7 Å². The molecule has 0 radical (unpaired) electrons. The molecule has 0 aliphatic rings. The van der Waals surface area contributed by atoms with Crippen LogP contribution in [0.25, 0.3) is 0 Å². The molecule has 16 heavy (non-hydrogen) atoms. The smallest absolute Gasteiger partial charge is 0.311 e. The zero-order chi connectivity index (χ0) is 12.0. The molecule has 0 saturated heterocycles. The Balaban J connectivity index is 2.23. The molecule has 0 bridgehead atoms. The van der Waals surface area contributed by atoms with Gasteiger partial charge in [0.25, 0.3) is 5.91 Å². The highest BCUT2D eigenvalue weighted by atomic mass is 32.1. The Morgan fingerprint density at radius 3 is 2.81 bits per heavy atom. The number of amides is 1. The lowest BCUT2D eigenvalue weighted by Crippen LogP contribution is -2.34. The molecule has 0 saturated carbocycles. The number of carbonyl (C=O) groups excluding carboxylic acids is 2. The van der Waals surface area contributed by atoms with Crippen molar-refractivity contribution < 1.29 is 14.3 Å². The summed E-state index contributed by atoms with van der Waals surface area (Å²) in [5.41, 5.74) is 0. The summed E-state index contributed by atoms with van der Waals surface area (Å²) in [6.07, 6.45) is 0.229. The molecule has 0 unspecified atom stereocenters. The standard InChI is InChI=1S/C11H15NO3S/c1-8(2)12-10(13)7-15-11(14)6-9-4-3-5-16-9/h3-5,8H,6-7H2,1-2H3,(H,12,13). The van der Waals surface area contributed by atoms with Crippen LogP contribution in [0.2, 0.25) is 0 Å². The van der Waals surface area contributed by atoms with Gasteiger partial charge in [0.1, 0.15) is 0 Å². The molecule has 1 rings (SSSR count). The van der Waals surface area contributed by atoms with Crippen LogP contribution in [-0.2, 0) is 20.7 Å². The minimum absolute atomic E-state index is 0.0588. The lowest BCUT2D eigenvalue weighted by molar-refractivity contribution is -0.148. The Labute approximate surface area is 98.6 Å². The van der Waals surface area contributed by atoms with Crippen LogP contribution in [0.5, 0.6) is 0 Å². The van der Waals surface area contributed by atoms with E-state index >= 15 is 0 Å². The van der Waals surface area contributed by atoms with Crippen molar-refractivity contribution in [3.8, 4) is 0 Å². The molecule has 0 atom stereocenters. The van der Waals surface area contributed by atoms with Gasteiger partial charge in [-0.3, -0.25) is 9.59 Å². The van der Waals surface area contributed by atoms with Crippen LogP contribution in [0, 0.1) is 0 Å². The second kappa shape index (κ2) is 6.27. The third-order valence-corrected chi connectivity index (χ3v) is 2.59. The van der Waals surface area contributed by atoms with Gasteiger partial charge in [0.05, 0.1) is 6.42 Å². The van der Waals surface area contributed by atoms with Gasteiger partial charge < -0.3 is 10.1 Å². The van der Waals surface area contributed by atoms with Crippen LogP contribution in [-0.4, -0.2) is 24.5 Å². The van der Waals surface area contributed by atoms with Crippen molar-refractivity contribution in [2.75, 3.05) is 6.61 Å². The van der Waals surface area contributed by atoms with E-state index < -0.39 is 0 Å². The molecular formula is C11H15NO3S. The highest BCUT2D eigenvalue weighted by molar-refractivity contribution is 7.10. The zero-order valence-corrected chi connectivity index (χ0v) is 10.2. The molecule has 1 heterocycles. The average Bonchev–Trinajstić information content (AvgIpc) is 2.66. The van der Waals surface area contributed by atoms with Crippen molar-refractivity contribution in [2.24, 2.45) is 0 Å². The van der Waals surface area contributed by atoms with Crippen molar-refractivity contribution in [2.45, 2.75) is 26.3 Å². The number of esters is 1. The van der Waals surface area contributed by atoms with E-state index in [1.807, 2.05) is 31.4 Å². The normalized spacial score (nSPS) is 10.2. The van der Waals surface area contributed by atoms with E-state index in [1.165, 1.54) is 11.3 Å². The molecule has 0 spiro atoms. The van der Waals surface area contributed by atoms with Crippen molar-refractivity contribution >= 4 is 23.2 Å². The van der Waals surface area contributed by atoms with E-state index in [4.69, 9.17) is 4.74 Å². The number of thiophene rings is 1. The third kappa shape index (κ3) is 4.93. The fourth-order valence-electron chi connectivity index (χ4n) is 1.12. The topological polar surface area (TPSA) is 55.4 Å². The molecule has 0 aliphatic carbocycles. The maximum atomic E-state index is 11.3. The van der Waals surface area contributed by atoms with Crippen LogP contribution in [0.3, 0.4) is 0 Å². The summed E-state index contributed by atoms with van der Waals surface area (Å²) >= 11 is 1.49. The maximum absolute atomic E-state index is 11.3. The highest BCUT2D eigenvalue weighted by Crippen LogP contribution is 2.09. The van der Waals surface area contributed by atoms with E-state index in [1.54, 1.807) is 0 Å². The quantitative estimate of drug-likeness (QED) is 0.792. The van der Waals surface area contributed by atoms with Gasteiger partial charge in [-0.25, -0.2) is 0 Å². The van der Waals surface area contributed by atoms with Crippen molar-refractivity contribution in [1.29, 1.82) is 0 Å². The lowest BCUT2D eigenvalue weighted by atomic mass is 10.3. The molecular weight excluding hydrogens is 226 g/mol. The van der Waals surface area contributed by atoms with Gasteiger partial charge in [-0.2, -0.15) is 0 Å². The predicted molar refractivity (Wildman–Crippen MR) is 62.3 cm³/mol. The van der Waals surface area contributed by atoms with E-state index in [-0.39, 0.29) is 30.9 Å². The molecule has 5 heteroatoms. The molecule has 0 aliphatic heterocycles. The minimum atomic E-state index is -0.374. The highest BCUT2D eigenvalue weighted by Gasteiger charge is 2.09. The Morgan fingerprint density at radius 2 is 2.25 bits per heavy atom. The summed E-state index contributed by atoms with van der Waals surface area (Å²) in [7, 11) is 0. The predicted octanol–water partition coefficient (Wildman–Crippen LogP) is 1.36. The molecule has 1 N–H and O–H groups in total. The van der Waals surface area contributed by atoms with Gasteiger partial charge >= 0.3 is 5.97 Å². The SMILES string of the molecule is CC(C)NC(=O)COC(=O)Cc1cccs1.